The lowest BCUT2D eigenvalue weighted by Crippen LogP contribution is -2.48. The summed E-state index contributed by atoms with van der Waals surface area (Å²) in [6.07, 6.45) is 0.0968. The molecule has 1 saturated heterocycles. The van der Waals surface area contributed by atoms with Gasteiger partial charge in [0.1, 0.15) is 5.82 Å². The summed E-state index contributed by atoms with van der Waals surface area (Å²) in [6, 6.07) is 14.2. The van der Waals surface area contributed by atoms with Gasteiger partial charge in [0.05, 0.1) is 12.2 Å². The third kappa shape index (κ3) is 6.28. The average molecular weight is 427 g/mol. The van der Waals surface area contributed by atoms with Crippen molar-refractivity contribution in [2.75, 3.05) is 27.2 Å². The Morgan fingerprint density at radius 3 is 2.45 bits per heavy atom. The summed E-state index contributed by atoms with van der Waals surface area (Å²) in [5.41, 5.74) is 2.60. The lowest BCUT2D eigenvalue weighted by Gasteiger charge is -2.35. The molecule has 1 aliphatic heterocycles. The van der Waals surface area contributed by atoms with E-state index >= 15 is 0 Å². The largest absolute Gasteiger partial charge is 0.372 e. The molecule has 1 fully saturated rings. The molecule has 0 spiro atoms. The van der Waals surface area contributed by atoms with Crippen LogP contribution in [-0.4, -0.2) is 61.1 Å². The highest BCUT2D eigenvalue weighted by atomic mass is 19.1. The molecule has 1 N–H and O–H groups in total. The number of amides is 1. The molecule has 2 aromatic carbocycles. The van der Waals surface area contributed by atoms with E-state index in [1.54, 1.807) is 13.1 Å². The molecule has 0 aromatic heterocycles. The number of hydrogen-bond donors (Lipinski definition) is 1. The molecule has 2 unspecified atom stereocenters. The fourth-order valence-electron chi connectivity index (χ4n) is 3.84. The molecule has 166 valence electrons. The number of carbonyl (C=O) groups excluding carboxylic acids is 1. The second-order valence-corrected chi connectivity index (χ2v) is 8.05. The van der Waals surface area contributed by atoms with Crippen LogP contribution in [0, 0.1) is 5.82 Å². The van der Waals surface area contributed by atoms with Gasteiger partial charge in [0.25, 0.3) is 5.91 Å². The Morgan fingerprint density at radius 2 is 1.84 bits per heavy atom. The Labute approximate surface area is 183 Å². The van der Waals surface area contributed by atoms with Gasteiger partial charge in [-0.25, -0.2) is 4.39 Å². The van der Waals surface area contributed by atoms with Crippen LogP contribution in [0.1, 0.15) is 35.3 Å². The van der Waals surface area contributed by atoms with E-state index in [9.17, 15) is 9.18 Å². The first-order valence-corrected chi connectivity index (χ1v) is 10.6. The SMILES string of the molecule is CN=C(NCc1ccc(C(=O)N2CC(C)OC(C)C2)cc1)N(C)Cc1cccc(F)c1. The number of nitrogens with one attached hydrogen (secondary N) is 1. The third-order valence-corrected chi connectivity index (χ3v) is 5.24. The zero-order valence-corrected chi connectivity index (χ0v) is 18.6. The number of hydrogen-bond acceptors (Lipinski definition) is 3. The standard InChI is InChI=1S/C24H31FN4O2/c1-17-14-29(15-18(2)31-17)23(30)21-10-8-19(9-11-21)13-27-24(26-3)28(4)16-20-6-5-7-22(25)12-20/h5-12,17-18H,13-16H2,1-4H3,(H,26,27). The van der Waals surface area contributed by atoms with Gasteiger partial charge in [0.2, 0.25) is 0 Å². The highest BCUT2D eigenvalue weighted by molar-refractivity contribution is 5.94. The van der Waals surface area contributed by atoms with E-state index in [2.05, 4.69) is 10.3 Å². The molecule has 6 nitrogen and oxygen atoms in total. The highest BCUT2D eigenvalue weighted by Gasteiger charge is 2.26. The maximum absolute atomic E-state index is 13.4. The minimum absolute atomic E-state index is 0.0344. The van der Waals surface area contributed by atoms with Crippen molar-refractivity contribution in [1.82, 2.24) is 15.1 Å². The molecule has 3 rings (SSSR count). The first-order chi connectivity index (χ1) is 14.9. The van der Waals surface area contributed by atoms with Crippen LogP contribution in [0.15, 0.2) is 53.5 Å². The van der Waals surface area contributed by atoms with Crippen molar-refractivity contribution in [1.29, 1.82) is 0 Å². The Kier molecular flexibility index (Phi) is 7.63. The van der Waals surface area contributed by atoms with Gasteiger partial charge in [0.15, 0.2) is 5.96 Å². The number of halogens is 1. The summed E-state index contributed by atoms with van der Waals surface area (Å²) in [5.74, 6) is 0.498. The molecular formula is C24H31FN4O2. The van der Waals surface area contributed by atoms with Gasteiger partial charge < -0.3 is 19.9 Å². The Bertz CT molecular complexity index is 906. The van der Waals surface area contributed by atoms with Crippen molar-refractivity contribution in [3.05, 3.63) is 71.0 Å². The molecule has 1 amide bonds. The number of guanidine groups is 1. The molecule has 31 heavy (non-hydrogen) atoms. The number of aliphatic imine (C=N–C) groups is 1. The van der Waals surface area contributed by atoms with Crippen molar-refractivity contribution in [2.45, 2.75) is 39.1 Å². The first kappa shape index (κ1) is 22.7. The summed E-state index contributed by atoms with van der Waals surface area (Å²) in [7, 11) is 3.63. The third-order valence-electron chi connectivity index (χ3n) is 5.24. The van der Waals surface area contributed by atoms with Crippen molar-refractivity contribution in [3.8, 4) is 0 Å². The minimum atomic E-state index is -0.246. The Balaban J connectivity index is 1.55. The van der Waals surface area contributed by atoms with Crippen LogP contribution >= 0.6 is 0 Å². The summed E-state index contributed by atoms with van der Waals surface area (Å²) < 4.78 is 19.1. The van der Waals surface area contributed by atoms with Gasteiger partial charge in [-0.3, -0.25) is 9.79 Å². The highest BCUT2D eigenvalue weighted by Crippen LogP contribution is 2.15. The second-order valence-electron chi connectivity index (χ2n) is 8.05. The van der Waals surface area contributed by atoms with E-state index in [-0.39, 0.29) is 23.9 Å². The quantitative estimate of drug-likeness (QED) is 0.589. The van der Waals surface area contributed by atoms with Crippen molar-refractivity contribution in [3.63, 3.8) is 0 Å². The van der Waals surface area contributed by atoms with Crippen LogP contribution in [-0.2, 0) is 17.8 Å². The maximum Gasteiger partial charge on any atom is 0.254 e. The van der Waals surface area contributed by atoms with Crippen LogP contribution < -0.4 is 5.32 Å². The van der Waals surface area contributed by atoms with Crippen molar-refractivity contribution in [2.24, 2.45) is 4.99 Å². The van der Waals surface area contributed by atoms with Crippen LogP contribution in [0.2, 0.25) is 0 Å². The van der Waals surface area contributed by atoms with Gasteiger partial charge >= 0.3 is 0 Å². The first-order valence-electron chi connectivity index (χ1n) is 10.6. The zero-order chi connectivity index (χ0) is 22.4. The van der Waals surface area contributed by atoms with Gasteiger partial charge in [-0.05, 0) is 49.2 Å². The molecule has 0 saturated carbocycles. The molecule has 7 heteroatoms. The smallest absolute Gasteiger partial charge is 0.254 e. The second kappa shape index (κ2) is 10.4. The summed E-state index contributed by atoms with van der Waals surface area (Å²) in [6.45, 7) is 6.31. The van der Waals surface area contributed by atoms with E-state index in [0.29, 0.717) is 37.7 Å². The van der Waals surface area contributed by atoms with E-state index in [1.807, 2.05) is 61.0 Å². The molecular weight excluding hydrogens is 395 g/mol. The zero-order valence-electron chi connectivity index (χ0n) is 18.6. The fraction of sp³-hybridized carbons (Fsp3) is 0.417. The summed E-state index contributed by atoms with van der Waals surface area (Å²) in [4.78, 5) is 20.9. The molecule has 2 aromatic rings. The maximum atomic E-state index is 13.4. The van der Waals surface area contributed by atoms with E-state index < -0.39 is 0 Å². The van der Waals surface area contributed by atoms with Crippen molar-refractivity contribution < 1.29 is 13.9 Å². The molecule has 0 radical (unpaired) electrons. The molecule has 1 aliphatic rings. The topological polar surface area (TPSA) is 57.2 Å². The fourth-order valence-corrected chi connectivity index (χ4v) is 3.84. The summed E-state index contributed by atoms with van der Waals surface area (Å²) >= 11 is 0. The predicted octanol–water partition coefficient (Wildman–Crippen LogP) is 3.28. The lowest BCUT2D eigenvalue weighted by molar-refractivity contribution is -0.0586. The molecule has 2 atom stereocenters. The van der Waals surface area contributed by atoms with Crippen LogP contribution in [0.3, 0.4) is 0 Å². The predicted molar refractivity (Wildman–Crippen MR) is 120 cm³/mol. The average Bonchev–Trinajstić information content (AvgIpc) is 2.73. The Hall–Kier alpha value is -2.93. The van der Waals surface area contributed by atoms with Gasteiger partial charge in [0, 0.05) is 45.8 Å². The van der Waals surface area contributed by atoms with E-state index in [1.165, 1.54) is 12.1 Å². The number of nitrogens with zero attached hydrogens (tertiary/aromatic N) is 3. The van der Waals surface area contributed by atoms with E-state index in [4.69, 9.17) is 4.74 Å². The minimum Gasteiger partial charge on any atom is -0.372 e. The van der Waals surface area contributed by atoms with Gasteiger partial charge in [-0.15, -0.1) is 0 Å². The Morgan fingerprint density at radius 1 is 1.16 bits per heavy atom. The van der Waals surface area contributed by atoms with E-state index in [0.717, 1.165) is 11.1 Å². The lowest BCUT2D eigenvalue weighted by atomic mass is 10.1. The van der Waals surface area contributed by atoms with Crippen LogP contribution in [0.4, 0.5) is 4.39 Å². The monoisotopic (exact) mass is 426 g/mol. The number of ether oxygens (including phenoxy) is 1. The summed E-state index contributed by atoms with van der Waals surface area (Å²) in [5, 5.41) is 3.31. The number of benzene rings is 2. The molecule has 1 heterocycles. The van der Waals surface area contributed by atoms with Crippen LogP contribution in [0.5, 0.6) is 0 Å². The number of carbonyl (C=O) groups is 1. The van der Waals surface area contributed by atoms with Gasteiger partial charge in [-0.1, -0.05) is 24.3 Å². The number of rotatable bonds is 5. The van der Waals surface area contributed by atoms with Gasteiger partial charge in [-0.2, -0.15) is 0 Å². The molecule has 0 aliphatic carbocycles. The van der Waals surface area contributed by atoms with Crippen molar-refractivity contribution >= 4 is 11.9 Å². The van der Waals surface area contributed by atoms with Crippen LogP contribution in [0.25, 0.3) is 0 Å². The normalized spacial score (nSPS) is 19.3. The number of morpholine rings is 1. The molecule has 0 bridgehead atoms.